The second-order valence-electron chi connectivity index (χ2n) is 6.99. The number of carbonyl (C=O) groups excluding carboxylic acids is 1. The highest BCUT2D eigenvalue weighted by Crippen LogP contribution is 2.25. The fourth-order valence-electron chi connectivity index (χ4n) is 3.64. The Hall–Kier alpha value is -3.41. The van der Waals surface area contributed by atoms with Gasteiger partial charge in [0.2, 0.25) is 5.91 Å². The maximum absolute atomic E-state index is 12.6. The first-order valence-corrected chi connectivity index (χ1v) is 9.83. The van der Waals surface area contributed by atoms with Crippen LogP contribution in [0.15, 0.2) is 48.5 Å². The van der Waals surface area contributed by atoms with Crippen molar-refractivity contribution in [3.05, 3.63) is 65.5 Å². The van der Waals surface area contributed by atoms with Crippen molar-refractivity contribution in [2.45, 2.75) is 33.6 Å². The molecule has 0 aliphatic carbocycles. The van der Waals surface area contributed by atoms with Crippen LogP contribution in [0.4, 0.5) is 5.69 Å². The van der Waals surface area contributed by atoms with E-state index in [-0.39, 0.29) is 5.91 Å². The number of nitrogens with zero attached hydrogens (tertiary/aromatic N) is 3. The smallest absolute Gasteiger partial charge is 0.224 e. The maximum atomic E-state index is 12.6. The third kappa shape index (κ3) is 3.66. The minimum absolute atomic E-state index is 0.0540. The average Bonchev–Trinajstić information content (AvgIpc) is 3.08. The maximum Gasteiger partial charge on any atom is 0.224 e. The van der Waals surface area contributed by atoms with Gasteiger partial charge in [-0.1, -0.05) is 24.3 Å². The third-order valence-electron chi connectivity index (χ3n) is 5.08. The number of ether oxygens (including phenoxy) is 1. The van der Waals surface area contributed by atoms with Crippen LogP contribution in [0.5, 0.6) is 5.75 Å². The molecule has 0 saturated carbocycles. The molecule has 0 saturated heterocycles. The highest BCUT2D eigenvalue weighted by Gasteiger charge is 2.15. The van der Waals surface area contributed by atoms with E-state index in [1.165, 1.54) is 0 Å². The second-order valence-corrected chi connectivity index (χ2v) is 6.99. The molecule has 1 N–H and O–H groups in total. The fraction of sp³-hybridized carbons (Fsp3) is 0.261. The Kier molecular flexibility index (Phi) is 5.16. The van der Waals surface area contributed by atoms with Gasteiger partial charge in [-0.3, -0.25) is 4.79 Å². The number of hydrogen-bond acceptors (Lipinski definition) is 4. The van der Waals surface area contributed by atoms with Gasteiger partial charge in [-0.15, -0.1) is 0 Å². The summed E-state index contributed by atoms with van der Waals surface area (Å²) in [6.07, 6.45) is 0.954. The normalized spacial score (nSPS) is 11.1. The molecule has 2 aromatic heterocycles. The first-order chi connectivity index (χ1) is 14.1. The summed E-state index contributed by atoms with van der Waals surface area (Å²) < 4.78 is 7.46. The van der Waals surface area contributed by atoms with Crippen LogP contribution in [0.25, 0.3) is 16.6 Å². The number of benzene rings is 2. The zero-order valence-electron chi connectivity index (χ0n) is 16.9. The Morgan fingerprint density at radius 3 is 2.69 bits per heavy atom. The molecule has 4 rings (SSSR count). The zero-order valence-corrected chi connectivity index (χ0v) is 16.9. The van der Waals surface area contributed by atoms with Crippen LogP contribution in [0.1, 0.15) is 30.3 Å². The molecule has 0 aliphatic heterocycles. The van der Waals surface area contributed by atoms with Gasteiger partial charge in [-0.05, 0) is 57.0 Å². The van der Waals surface area contributed by atoms with E-state index in [9.17, 15) is 4.79 Å². The van der Waals surface area contributed by atoms with Crippen molar-refractivity contribution in [2.24, 2.45) is 0 Å². The molecule has 4 aromatic rings. The lowest BCUT2D eigenvalue weighted by molar-refractivity contribution is -0.116. The molecule has 0 atom stereocenters. The highest BCUT2D eigenvalue weighted by molar-refractivity contribution is 5.93. The predicted octanol–water partition coefficient (Wildman–Crippen LogP) is 4.47. The quantitative estimate of drug-likeness (QED) is 0.529. The van der Waals surface area contributed by atoms with E-state index in [0.717, 1.165) is 33.5 Å². The molecule has 0 fully saturated rings. The van der Waals surface area contributed by atoms with Crippen molar-refractivity contribution >= 4 is 28.1 Å². The van der Waals surface area contributed by atoms with E-state index in [1.807, 2.05) is 73.8 Å². The fourth-order valence-corrected chi connectivity index (χ4v) is 3.64. The van der Waals surface area contributed by atoms with Crippen LogP contribution in [-0.2, 0) is 11.2 Å². The molecule has 0 spiro atoms. The zero-order chi connectivity index (χ0) is 20.4. The monoisotopic (exact) mass is 388 g/mol. The van der Waals surface area contributed by atoms with Gasteiger partial charge in [0.15, 0.2) is 5.65 Å². The summed E-state index contributed by atoms with van der Waals surface area (Å²) in [7, 11) is 0. The average molecular weight is 388 g/mol. The van der Waals surface area contributed by atoms with E-state index in [4.69, 9.17) is 9.72 Å². The van der Waals surface area contributed by atoms with Crippen molar-refractivity contribution in [3.63, 3.8) is 0 Å². The molecule has 0 bridgehead atoms. The van der Waals surface area contributed by atoms with Crippen LogP contribution in [0.2, 0.25) is 0 Å². The molecule has 148 valence electrons. The highest BCUT2D eigenvalue weighted by atomic mass is 16.5. The molecule has 6 nitrogen and oxygen atoms in total. The summed E-state index contributed by atoms with van der Waals surface area (Å²) in [6.45, 7) is 6.50. The third-order valence-corrected chi connectivity index (χ3v) is 5.08. The van der Waals surface area contributed by atoms with Crippen molar-refractivity contribution < 1.29 is 9.53 Å². The van der Waals surface area contributed by atoms with Crippen LogP contribution in [0.3, 0.4) is 0 Å². The number of para-hydroxylation sites is 2. The predicted molar refractivity (Wildman–Crippen MR) is 115 cm³/mol. The standard InChI is InChI=1S/C23H24N4O2/c1-4-29-21-12-8-7-11-20(21)25-22(28)14-13-17-15(2)24-23-18-9-5-6-10-19(18)26-27(23)16(17)3/h5-12H,4,13-14H2,1-3H3,(H,25,28). The van der Waals surface area contributed by atoms with E-state index >= 15 is 0 Å². The summed E-state index contributed by atoms with van der Waals surface area (Å²) in [6, 6.07) is 15.5. The number of rotatable bonds is 6. The molecule has 0 unspecified atom stereocenters. The van der Waals surface area contributed by atoms with Crippen LogP contribution in [0, 0.1) is 13.8 Å². The van der Waals surface area contributed by atoms with Gasteiger partial charge >= 0.3 is 0 Å². The first-order valence-electron chi connectivity index (χ1n) is 9.83. The number of aromatic nitrogens is 3. The van der Waals surface area contributed by atoms with Crippen molar-refractivity contribution in [3.8, 4) is 5.75 Å². The van der Waals surface area contributed by atoms with E-state index < -0.39 is 0 Å². The van der Waals surface area contributed by atoms with Crippen molar-refractivity contribution in [2.75, 3.05) is 11.9 Å². The van der Waals surface area contributed by atoms with E-state index in [2.05, 4.69) is 10.4 Å². The molecule has 1 amide bonds. The lowest BCUT2D eigenvalue weighted by Crippen LogP contribution is -2.15. The van der Waals surface area contributed by atoms with Gasteiger partial charge in [0, 0.05) is 23.2 Å². The Morgan fingerprint density at radius 2 is 1.86 bits per heavy atom. The topological polar surface area (TPSA) is 68.5 Å². The molecular formula is C23H24N4O2. The van der Waals surface area contributed by atoms with Gasteiger partial charge in [0.05, 0.1) is 17.8 Å². The molecule has 2 heterocycles. The van der Waals surface area contributed by atoms with Crippen LogP contribution in [-0.4, -0.2) is 27.1 Å². The Bertz CT molecular complexity index is 1200. The molecule has 6 heteroatoms. The van der Waals surface area contributed by atoms with Crippen LogP contribution < -0.4 is 10.1 Å². The first kappa shape index (κ1) is 18.9. The van der Waals surface area contributed by atoms with Gasteiger partial charge in [0.1, 0.15) is 5.75 Å². The number of carbonyl (C=O) groups is 1. The molecular weight excluding hydrogens is 364 g/mol. The van der Waals surface area contributed by atoms with E-state index in [1.54, 1.807) is 0 Å². The lowest BCUT2D eigenvalue weighted by Gasteiger charge is -2.13. The summed E-state index contributed by atoms with van der Waals surface area (Å²) in [5.74, 6) is 0.628. The number of fused-ring (bicyclic) bond motifs is 3. The molecule has 0 aliphatic rings. The Labute approximate surface area is 169 Å². The molecule has 29 heavy (non-hydrogen) atoms. The molecule has 0 radical (unpaired) electrons. The second kappa shape index (κ2) is 7.91. The number of amides is 1. The summed E-state index contributed by atoms with van der Waals surface area (Å²) in [5, 5.41) is 8.67. The van der Waals surface area contributed by atoms with Crippen LogP contribution >= 0.6 is 0 Å². The molecule has 2 aromatic carbocycles. The minimum Gasteiger partial charge on any atom is -0.492 e. The number of hydrogen-bond donors (Lipinski definition) is 1. The minimum atomic E-state index is -0.0540. The number of anilines is 1. The van der Waals surface area contributed by atoms with E-state index in [0.29, 0.717) is 30.9 Å². The number of aryl methyl sites for hydroxylation is 2. The Balaban J connectivity index is 1.55. The van der Waals surface area contributed by atoms with Crippen molar-refractivity contribution in [1.29, 1.82) is 0 Å². The Morgan fingerprint density at radius 1 is 1.10 bits per heavy atom. The summed E-state index contributed by atoms with van der Waals surface area (Å²) in [4.78, 5) is 17.3. The van der Waals surface area contributed by atoms with Gasteiger partial charge in [-0.25, -0.2) is 9.50 Å². The van der Waals surface area contributed by atoms with Gasteiger partial charge in [0.25, 0.3) is 0 Å². The lowest BCUT2D eigenvalue weighted by atomic mass is 10.1. The summed E-state index contributed by atoms with van der Waals surface area (Å²) in [5.41, 5.74) is 5.48. The summed E-state index contributed by atoms with van der Waals surface area (Å²) >= 11 is 0. The number of nitrogens with one attached hydrogen (secondary N) is 1. The van der Waals surface area contributed by atoms with Gasteiger partial charge < -0.3 is 10.1 Å². The SMILES string of the molecule is CCOc1ccccc1NC(=O)CCc1c(C)nc2c3ccccc3nn2c1C. The van der Waals surface area contributed by atoms with Gasteiger partial charge in [-0.2, -0.15) is 5.10 Å². The van der Waals surface area contributed by atoms with Crippen molar-refractivity contribution in [1.82, 2.24) is 14.6 Å². The largest absolute Gasteiger partial charge is 0.492 e.